The van der Waals surface area contributed by atoms with Crippen molar-refractivity contribution in [3.63, 3.8) is 0 Å². The Morgan fingerprint density at radius 1 is 1.35 bits per heavy atom. The van der Waals surface area contributed by atoms with Crippen LogP contribution in [0.25, 0.3) is 0 Å². The second kappa shape index (κ2) is 6.23. The molecule has 0 atom stereocenters. The molecular weight excluding hydrogens is 293 g/mol. The highest BCUT2D eigenvalue weighted by Crippen LogP contribution is 2.39. The van der Waals surface area contributed by atoms with Crippen LogP contribution in [0.3, 0.4) is 0 Å². The van der Waals surface area contributed by atoms with Crippen molar-refractivity contribution in [2.24, 2.45) is 11.8 Å². The van der Waals surface area contributed by atoms with E-state index >= 15 is 0 Å². The molecule has 1 aliphatic heterocycles. The molecule has 1 saturated heterocycles. The zero-order valence-electron chi connectivity index (χ0n) is 14.0. The number of hydrogen-bond acceptors (Lipinski definition) is 2. The number of benzene rings is 1. The van der Waals surface area contributed by atoms with E-state index in [0.717, 1.165) is 32.4 Å². The van der Waals surface area contributed by atoms with Crippen LogP contribution in [0.4, 0.5) is 4.39 Å². The fourth-order valence-electron chi connectivity index (χ4n) is 3.96. The molecule has 3 nitrogen and oxygen atoms in total. The van der Waals surface area contributed by atoms with Gasteiger partial charge in [0.15, 0.2) is 0 Å². The smallest absolute Gasteiger partial charge is 0.225 e. The molecule has 0 aromatic heterocycles. The Morgan fingerprint density at radius 3 is 2.57 bits per heavy atom. The lowest BCUT2D eigenvalue weighted by Crippen LogP contribution is -2.51. The molecule has 2 fully saturated rings. The minimum Gasteiger partial charge on any atom is -0.390 e. The highest BCUT2D eigenvalue weighted by Gasteiger charge is 2.44. The molecule has 1 amide bonds. The van der Waals surface area contributed by atoms with E-state index in [1.54, 1.807) is 19.9 Å². The number of amides is 1. The van der Waals surface area contributed by atoms with Gasteiger partial charge in [0.05, 0.1) is 5.60 Å². The van der Waals surface area contributed by atoms with Gasteiger partial charge in [-0.1, -0.05) is 12.1 Å². The molecule has 1 heterocycles. The van der Waals surface area contributed by atoms with Crippen molar-refractivity contribution in [3.8, 4) is 0 Å². The van der Waals surface area contributed by atoms with Crippen molar-refractivity contribution in [2.75, 3.05) is 13.1 Å². The summed E-state index contributed by atoms with van der Waals surface area (Å²) < 4.78 is 13.3. The first-order valence-corrected chi connectivity index (χ1v) is 8.60. The standard InChI is InChI=1S/C19H26FNO2/c1-13-9-15(3-4-17(13)20)10-14-5-7-21(8-6-14)18(22)16-11-19(2,23)12-16/h3-4,9,14,16,23H,5-8,10-12H2,1-2H3/t16-,19+. The van der Waals surface area contributed by atoms with Gasteiger partial charge >= 0.3 is 0 Å². The molecule has 2 aliphatic rings. The number of halogens is 1. The lowest BCUT2D eigenvalue weighted by atomic mass is 9.71. The second-order valence-corrected chi connectivity index (χ2v) is 7.66. The van der Waals surface area contributed by atoms with Gasteiger partial charge in [-0.3, -0.25) is 4.79 Å². The fraction of sp³-hybridized carbons (Fsp3) is 0.632. The Labute approximate surface area is 137 Å². The molecular formula is C19H26FNO2. The lowest BCUT2D eigenvalue weighted by Gasteiger charge is -2.43. The zero-order chi connectivity index (χ0) is 16.6. The zero-order valence-corrected chi connectivity index (χ0v) is 14.0. The summed E-state index contributed by atoms with van der Waals surface area (Å²) in [5, 5.41) is 9.78. The maximum Gasteiger partial charge on any atom is 0.225 e. The molecule has 1 aromatic carbocycles. The molecule has 3 rings (SSSR count). The third kappa shape index (κ3) is 3.74. The van der Waals surface area contributed by atoms with Crippen molar-refractivity contribution in [3.05, 3.63) is 35.1 Å². The molecule has 1 aromatic rings. The van der Waals surface area contributed by atoms with Crippen LogP contribution in [-0.2, 0) is 11.2 Å². The van der Waals surface area contributed by atoms with E-state index in [0.29, 0.717) is 24.3 Å². The Bertz CT molecular complexity index is 583. The van der Waals surface area contributed by atoms with Crippen LogP contribution in [0.1, 0.15) is 43.7 Å². The highest BCUT2D eigenvalue weighted by molar-refractivity contribution is 5.80. The van der Waals surface area contributed by atoms with Crippen molar-refractivity contribution in [1.29, 1.82) is 0 Å². The molecule has 0 radical (unpaired) electrons. The topological polar surface area (TPSA) is 40.5 Å². The van der Waals surface area contributed by atoms with Crippen LogP contribution < -0.4 is 0 Å². The fourth-order valence-corrected chi connectivity index (χ4v) is 3.96. The number of aryl methyl sites for hydroxylation is 1. The van der Waals surface area contributed by atoms with E-state index in [2.05, 4.69) is 0 Å². The summed E-state index contributed by atoms with van der Waals surface area (Å²) in [6.07, 6.45) is 4.17. The number of carbonyl (C=O) groups is 1. The number of piperidine rings is 1. The largest absolute Gasteiger partial charge is 0.390 e. The van der Waals surface area contributed by atoms with E-state index in [4.69, 9.17) is 0 Å². The van der Waals surface area contributed by atoms with E-state index in [9.17, 15) is 14.3 Å². The first-order chi connectivity index (χ1) is 10.8. The lowest BCUT2D eigenvalue weighted by molar-refractivity contribution is -0.151. The van der Waals surface area contributed by atoms with Crippen molar-refractivity contribution in [1.82, 2.24) is 4.90 Å². The molecule has 126 valence electrons. The Kier molecular flexibility index (Phi) is 4.45. The third-order valence-corrected chi connectivity index (χ3v) is 5.39. The van der Waals surface area contributed by atoms with E-state index in [-0.39, 0.29) is 17.6 Å². The summed E-state index contributed by atoms with van der Waals surface area (Å²) in [5.41, 5.74) is 1.25. The quantitative estimate of drug-likeness (QED) is 0.930. The van der Waals surface area contributed by atoms with E-state index in [1.165, 1.54) is 5.56 Å². The molecule has 0 unspecified atom stereocenters. The second-order valence-electron chi connectivity index (χ2n) is 7.66. The summed E-state index contributed by atoms with van der Waals surface area (Å²) in [4.78, 5) is 14.4. The minimum atomic E-state index is -0.640. The first kappa shape index (κ1) is 16.4. The number of carbonyl (C=O) groups excluding carboxylic acids is 1. The molecule has 1 aliphatic carbocycles. The number of nitrogens with zero attached hydrogens (tertiary/aromatic N) is 1. The van der Waals surface area contributed by atoms with Gasteiger partial charge in [-0.2, -0.15) is 0 Å². The van der Waals surface area contributed by atoms with Crippen molar-refractivity contribution in [2.45, 2.75) is 51.6 Å². The Balaban J connectivity index is 1.48. The third-order valence-electron chi connectivity index (χ3n) is 5.39. The van der Waals surface area contributed by atoms with Gasteiger partial charge in [0.1, 0.15) is 5.82 Å². The van der Waals surface area contributed by atoms with Gasteiger partial charge in [-0.15, -0.1) is 0 Å². The number of hydrogen-bond donors (Lipinski definition) is 1. The minimum absolute atomic E-state index is 0.0151. The summed E-state index contributed by atoms with van der Waals surface area (Å²) >= 11 is 0. The summed E-state index contributed by atoms with van der Waals surface area (Å²) in [5.74, 6) is 0.646. The van der Waals surface area contributed by atoms with Gasteiger partial charge in [0.2, 0.25) is 5.91 Å². The van der Waals surface area contributed by atoms with E-state index < -0.39 is 5.60 Å². The van der Waals surface area contributed by atoms with Gasteiger partial charge in [-0.05, 0) is 69.1 Å². The predicted molar refractivity (Wildman–Crippen MR) is 87.5 cm³/mol. The predicted octanol–water partition coefficient (Wildman–Crippen LogP) is 3.08. The number of likely N-dealkylation sites (tertiary alicyclic amines) is 1. The maximum absolute atomic E-state index is 13.3. The van der Waals surface area contributed by atoms with E-state index in [1.807, 2.05) is 17.0 Å². The summed E-state index contributed by atoms with van der Waals surface area (Å²) in [6, 6.07) is 5.35. The summed E-state index contributed by atoms with van der Waals surface area (Å²) in [6.45, 7) is 5.21. The average molecular weight is 319 g/mol. The molecule has 0 spiro atoms. The van der Waals surface area contributed by atoms with Crippen LogP contribution in [0.2, 0.25) is 0 Å². The molecule has 0 bridgehead atoms. The molecule has 23 heavy (non-hydrogen) atoms. The van der Waals surface area contributed by atoms with Crippen LogP contribution in [0.15, 0.2) is 18.2 Å². The summed E-state index contributed by atoms with van der Waals surface area (Å²) in [7, 11) is 0. The van der Waals surface area contributed by atoms with Crippen LogP contribution in [0, 0.1) is 24.6 Å². The van der Waals surface area contributed by atoms with Crippen LogP contribution >= 0.6 is 0 Å². The maximum atomic E-state index is 13.3. The van der Waals surface area contributed by atoms with Crippen molar-refractivity contribution < 1.29 is 14.3 Å². The normalized spacial score (nSPS) is 28.5. The monoisotopic (exact) mass is 319 g/mol. The number of rotatable bonds is 3. The molecule has 1 N–H and O–H groups in total. The van der Waals surface area contributed by atoms with Gasteiger partial charge in [0, 0.05) is 19.0 Å². The highest BCUT2D eigenvalue weighted by atomic mass is 19.1. The van der Waals surface area contributed by atoms with Gasteiger partial charge in [0.25, 0.3) is 0 Å². The Morgan fingerprint density at radius 2 is 2.00 bits per heavy atom. The number of aliphatic hydroxyl groups is 1. The van der Waals surface area contributed by atoms with Crippen LogP contribution in [-0.4, -0.2) is 34.6 Å². The Hall–Kier alpha value is -1.42. The average Bonchev–Trinajstić information content (AvgIpc) is 2.48. The first-order valence-electron chi connectivity index (χ1n) is 8.60. The van der Waals surface area contributed by atoms with Gasteiger partial charge in [-0.25, -0.2) is 4.39 Å². The van der Waals surface area contributed by atoms with Crippen molar-refractivity contribution >= 4 is 5.91 Å². The molecule has 4 heteroatoms. The SMILES string of the molecule is Cc1cc(CC2CCN(C(=O)[C@H]3C[C@@](C)(O)C3)CC2)ccc1F. The van der Waals surface area contributed by atoms with Crippen LogP contribution in [0.5, 0.6) is 0 Å². The van der Waals surface area contributed by atoms with Gasteiger partial charge < -0.3 is 10.0 Å². The molecule has 1 saturated carbocycles.